The van der Waals surface area contributed by atoms with Crippen molar-refractivity contribution in [1.29, 1.82) is 0 Å². The highest BCUT2D eigenvalue weighted by Gasteiger charge is 2.32. The number of hydrogen-bond acceptors (Lipinski definition) is 5. The molecule has 5 heteroatoms. The fraction of sp³-hybridized carbons (Fsp3) is 0.692. The van der Waals surface area contributed by atoms with Gasteiger partial charge >= 0.3 is 0 Å². The van der Waals surface area contributed by atoms with Crippen LogP contribution in [0.1, 0.15) is 38.3 Å². The van der Waals surface area contributed by atoms with Gasteiger partial charge in [0.15, 0.2) is 0 Å². The smallest absolute Gasteiger partial charge is 0.238 e. The minimum Gasteiger partial charge on any atom is -0.480 e. The molecule has 1 aliphatic rings. The largest absolute Gasteiger partial charge is 0.480 e. The molecule has 0 bridgehead atoms. The number of piperidine rings is 1. The van der Waals surface area contributed by atoms with E-state index in [4.69, 9.17) is 4.74 Å². The fourth-order valence-corrected chi connectivity index (χ4v) is 2.52. The summed E-state index contributed by atoms with van der Waals surface area (Å²) in [5, 5.41) is 14.1. The third kappa shape index (κ3) is 2.97. The zero-order chi connectivity index (χ0) is 13.0. The molecule has 2 atom stereocenters. The number of methoxy groups -OCH3 is 1. The van der Waals surface area contributed by atoms with E-state index < -0.39 is 5.60 Å². The lowest BCUT2D eigenvalue weighted by Gasteiger charge is -2.31. The first kappa shape index (κ1) is 13.2. The lowest BCUT2D eigenvalue weighted by molar-refractivity contribution is 0.0260. The van der Waals surface area contributed by atoms with Crippen molar-refractivity contribution in [3.63, 3.8) is 0 Å². The monoisotopic (exact) mass is 251 g/mol. The van der Waals surface area contributed by atoms with Crippen molar-refractivity contribution >= 4 is 0 Å². The van der Waals surface area contributed by atoms with Gasteiger partial charge in [0, 0.05) is 18.4 Å². The molecule has 2 heterocycles. The second-order valence-electron chi connectivity index (χ2n) is 5.04. The van der Waals surface area contributed by atoms with Crippen molar-refractivity contribution < 1.29 is 9.84 Å². The van der Waals surface area contributed by atoms with Gasteiger partial charge in [-0.2, -0.15) is 0 Å². The summed E-state index contributed by atoms with van der Waals surface area (Å²) in [6.07, 6.45) is 7.30. The van der Waals surface area contributed by atoms with Crippen molar-refractivity contribution in [1.82, 2.24) is 15.3 Å². The molecule has 0 saturated carbocycles. The molecule has 0 amide bonds. The molecule has 18 heavy (non-hydrogen) atoms. The van der Waals surface area contributed by atoms with Crippen LogP contribution in [0.5, 0.6) is 5.88 Å². The van der Waals surface area contributed by atoms with Gasteiger partial charge in [-0.05, 0) is 32.7 Å². The van der Waals surface area contributed by atoms with Crippen molar-refractivity contribution in [2.24, 2.45) is 0 Å². The Hall–Kier alpha value is -1.20. The molecule has 1 fully saturated rings. The summed E-state index contributed by atoms with van der Waals surface area (Å²) in [5.74, 6) is 0.401. The van der Waals surface area contributed by atoms with Gasteiger partial charge in [-0.15, -0.1) is 0 Å². The molecule has 0 aliphatic carbocycles. The van der Waals surface area contributed by atoms with E-state index in [9.17, 15) is 5.11 Å². The molecule has 1 saturated heterocycles. The van der Waals surface area contributed by atoms with Crippen molar-refractivity contribution in [3.8, 4) is 5.88 Å². The highest BCUT2D eigenvalue weighted by atomic mass is 16.5. The van der Waals surface area contributed by atoms with Crippen molar-refractivity contribution in [2.75, 3.05) is 13.7 Å². The minimum atomic E-state index is -1.02. The van der Waals surface area contributed by atoms with E-state index in [2.05, 4.69) is 15.3 Å². The van der Waals surface area contributed by atoms with Crippen molar-refractivity contribution in [3.05, 3.63) is 18.1 Å². The van der Waals surface area contributed by atoms with Gasteiger partial charge in [0.2, 0.25) is 5.88 Å². The van der Waals surface area contributed by atoms with E-state index in [1.807, 2.05) is 0 Å². The van der Waals surface area contributed by atoms with Gasteiger partial charge in [0.25, 0.3) is 0 Å². The molecular weight excluding hydrogens is 230 g/mol. The van der Waals surface area contributed by atoms with Crippen LogP contribution in [-0.4, -0.2) is 34.8 Å². The third-order valence-electron chi connectivity index (χ3n) is 3.42. The predicted molar refractivity (Wildman–Crippen MR) is 68.4 cm³/mol. The quantitative estimate of drug-likeness (QED) is 0.842. The predicted octanol–water partition coefficient (Wildman–Crippen LogP) is 1.22. The Bertz CT molecular complexity index is 390. The maximum atomic E-state index is 10.6. The summed E-state index contributed by atoms with van der Waals surface area (Å²) in [4.78, 5) is 8.31. The van der Waals surface area contributed by atoms with E-state index in [0.717, 1.165) is 13.0 Å². The van der Waals surface area contributed by atoms with Crippen LogP contribution in [0, 0.1) is 0 Å². The summed E-state index contributed by atoms with van der Waals surface area (Å²) >= 11 is 0. The van der Waals surface area contributed by atoms with E-state index >= 15 is 0 Å². The lowest BCUT2D eigenvalue weighted by atomic mass is 9.89. The molecule has 2 unspecified atom stereocenters. The molecule has 1 aliphatic heterocycles. The van der Waals surface area contributed by atoms with Gasteiger partial charge in [-0.3, -0.25) is 4.98 Å². The molecule has 0 spiro atoms. The molecule has 2 rings (SSSR count). The van der Waals surface area contributed by atoms with Crippen LogP contribution < -0.4 is 10.1 Å². The Morgan fingerprint density at radius 3 is 2.89 bits per heavy atom. The normalized spacial score (nSPS) is 23.4. The Morgan fingerprint density at radius 2 is 2.22 bits per heavy atom. The summed E-state index contributed by atoms with van der Waals surface area (Å²) in [6, 6.07) is 0.334. The first-order chi connectivity index (χ1) is 8.63. The molecule has 100 valence electrons. The Balaban J connectivity index is 2.13. The lowest BCUT2D eigenvalue weighted by Crippen LogP contribution is -2.40. The molecular formula is C13H21N3O2. The summed E-state index contributed by atoms with van der Waals surface area (Å²) in [6.45, 7) is 2.80. The summed E-state index contributed by atoms with van der Waals surface area (Å²) < 4.78 is 5.17. The van der Waals surface area contributed by atoms with Crippen LogP contribution in [0.15, 0.2) is 12.4 Å². The number of aromatic nitrogens is 2. The SMILES string of the molecule is COc1nccnc1C(C)(O)CC1CCCCN1. The fourth-order valence-electron chi connectivity index (χ4n) is 2.52. The van der Waals surface area contributed by atoms with Crippen LogP contribution >= 0.6 is 0 Å². The number of rotatable bonds is 4. The standard InChI is InChI=1S/C13H21N3O2/c1-13(17,9-10-5-3-4-6-14-10)11-12(18-2)16-8-7-15-11/h7-8,10,14,17H,3-6,9H2,1-2H3. The van der Waals surface area contributed by atoms with E-state index in [1.165, 1.54) is 12.8 Å². The number of hydrogen-bond donors (Lipinski definition) is 2. The zero-order valence-corrected chi connectivity index (χ0v) is 11.0. The molecule has 2 N–H and O–H groups in total. The number of nitrogens with one attached hydrogen (secondary N) is 1. The van der Waals surface area contributed by atoms with Gasteiger partial charge < -0.3 is 15.2 Å². The Labute approximate surface area is 108 Å². The zero-order valence-electron chi connectivity index (χ0n) is 11.0. The van der Waals surface area contributed by atoms with Crippen LogP contribution in [0.2, 0.25) is 0 Å². The van der Waals surface area contributed by atoms with Crippen LogP contribution in [0.25, 0.3) is 0 Å². The summed E-state index contributed by atoms with van der Waals surface area (Å²) in [7, 11) is 1.54. The van der Waals surface area contributed by atoms with Gasteiger partial charge in [0.05, 0.1) is 7.11 Å². The van der Waals surface area contributed by atoms with Gasteiger partial charge in [0.1, 0.15) is 11.3 Å². The second kappa shape index (κ2) is 5.63. The minimum absolute atomic E-state index is 0.334. The highest BCUT2D eigenvalue weighted by Crippen LogP contribution is 2.31. The van der Waals surface area contributed by atoms with Crippen molar-refractivity contribution in [2.45, 2.75) is 44.2 Å². The topological polar surface area (TPSA) is 67.3 Å². The molecule has 1 aromatic heterocycles. The van der Waals surface area contributed by atoms with Gasteiger partial charge in [-0.1, -0.05) is 6.42 Å². The first-order valence-corrected chi connectivity index (χ1v) is 6.45. The van der Waals surface area contributed by atoms with Crippen LogP contribution in [0.4, 0.5) is 0 Å². The Morgan fingerprint density at radius 1 is 1.44 bits per heavy atom. The van der Waals surface area contributed by atoms with Gasteiger partial charge in [-0.25, -0.2) is 4.98 Å². The number of ether oxygens (including phenoxy) is 1. The number of aliphatic hydroxyl groups is 1. The maximum absolute atomic E-state index is 10.6. The van der Waals surface area contributed by atoms with Crippen LogP contribution in [-0.2, 0) is 5.60 Å². The molecule has 0 radical (unpaired) electrons. The molecule has 5 nitrogen and oxygen atoms in total. The third-order valence-corrected chi connectivity index (χ3v) is 3.42. The van der Waals surface area contributed by atoms with E-state index in [1.54, 1.807) is 26.4 Å². The average Bonchev–Trinajstić information content (AvgIpc) is 2.39. The molecule has 1 aromatic rings. The van der Waals surface area contributed by atoms with E-state index in [-0.39, 0.29) is 0 Å². The van der Waals surface area contributed by atoms with E-state index in [0.29, 0.717) is 24.0 Å². The molecule has 0 aromatic carbocycles. The maximum Gasteiger partial charge on any atom is 0.238 e. The first-order valence-electron chi connectivity index (χ1n) is 6.45. The van der Waals surface area contributed by atoms with Crippen LogP contribution in [0.3, 0.4) is 0 Å². The Kier molecular flexibility index (Phi) is 4.14. The second-order valence-corrected chi connectivity index (χ2v) is 5.04. The highest BCUT2D eigenvalue weighted by molar-refractivity contribution is 5.23. The number of nitrogens with zero attached hydrogens (tertiary/aromatic N) is 2. The summed E-state index contributed by atoms with van der Waals surface area (Å²) in [5.41, 5.74) is -0.505. The average molecular weight is 251 g/mol.